The molecule has 0 radical (unpaired) electrons. The van der Waals surface area contributed by atoms with E-state index in [1.807, 2.05) is 48.5 Å². The van der Waals surface area contributed by atoms with Gasteiger partial charge in [-0.25, -0.2) is 14.4 Å². The molecule has 2 saturated heterocycles. The molecule has 48 heavy (non-hydrogen) atoms. The monoisotopic (exact) mass is 691 g/mol. The molecule has 0 unspecified atom stereocenters. The van der Waals surface area contributed by atoms with E-state index in [1.165, 1.54) is 6.20 Å². The number of benzene rings is 2. The van der Waals surface area contributed by atoms with Gasteiger partial charge in [-0.15, -0.1) is 0 Å². The zero-order valence-corrected chi connectivity index (χ0v) is 27.8. The first kappa shape index (κ1) is 33.6. The fourth-order valence-corrected chi connectivity index (χ4v) is 6.55. The molecular weight excluding hydrogens is 656 g/mol. The molecule has 0 spiro atoms. The molecule has 250 valence electrons. The first-order valence-electron chi connectivity index (χ1n) is 15.8. The van der Waals surface area contributed by atoms with Crippen LogP contribution in [0.3, 0.4) is 0 Å². The summed E-state index contributed by atoms with van der Waals surface area (Å²) >= 11 is 14.0. The normalized spacial score (nSPS) is 17.3. The lowest BCUT2D eigenvalue weighted by Gasteiger charge is -2.16. The van der Waals surface area contributed by atoms with Crippen LogP contribution < -0.4 is 31.3 Å². The van der Waals surface area contributed by atoms with Gasteiger partial charge in [0.25, 0.3) is 0 Å². The highest BCUT2D eigenvalue weighted by Crippen LogP contribution is 2.42. The third kappa shape index (κ3) is 7.87. The molecule has 4 heterocycles. The predicted molar refractivity (Wildman–Crippen MR) is 185 cm³/mol. The average Bonchev–Trinajstić information content (AvgIpc) is 3.70. The first-order chi connectivity index (χ1) is 23.3. The number of carbonyl (C=O) groups is 2. The van der Waals surface area contributed by atoms with Gasteiger partial charge in [-0.3, -0.25) is 9.59 Å². The molecular formula is C35H36Cl2FN7O3. The first-order valence-corrected chi connectivity index (χ1v) is 16.6. The lowest BCUT2D eigenvalue weighted by atomic mass is 10.00. The Bertz CT molecular complexity index is 1830. The summed E-state index contributed by atoms with van der Waals surface area (Å²) in [6, 6.07) is 16.9. The Morgan fingerprint density at radius 1 is 0.854 bits per heavy atom. The molecule has 4 aromatic rings. The number of aromatic nitrogens is 2. The van der Waals surface area contributed by atoms with E-state index in [9.17, 15) is 14.0 Å². The smallest absolute Gasteiger partial charge is 0.220 e. The van der Waals surface area contributed by atoms with Crippen molar-refractivity contribution in [2.75, 3.05) is 25.5 Å². The number of nitrogens with zero attached hydrogens (tertiary/aromatic N) is 2. The fraction of sp³-hybridized carbons (Fsp3) is 0.314. The molecule has 2 fully saturated rings. The number of amides is 2. The van der Waals surface area contributed by atoms with Crippen LogP contribution in [0.4, 0.5) is 15.9 Å². The minimum absolute atomic E-state index is 0.0408. The Morgan fingerprint density at radius 2 is 1.48 bits per heavy atom. The Kier molecular flexibility index (Phi) is 10.7. The molecule has 2 aromatic heterocycles. The molecule has 0 saturated carbocycles. The van der Waals surface area contributed by atoms with Crippen molar-refractivity contribution in [2.24, 2.45) is 0 Å². The molecule has 6 rings (SSSR count). The quantitative estimate of drug-likeness (QED) is 0.120. The Morgan fingerprint density at radius 3 is 2.12 bits per heavy atom. The van der Waals surface area contributed by atoms with Crippen LogP contribution in [0, 0.1) is 5.82 Å². The molecule has 0 bridgehead atoms. The second-order valence-corrected chi connectivity index (χ2v) is 12.6. The summed E-state index contributed by atoms with van der Waals surface area (Å²) in [5, 5.41) is 16.6. The van der Waals surface area contributed by atoms with E-state index in [0.29, 0.717) is 87.9 Å². The van der Waals surface area contributed by atoms with Crippen molar-refractivity contribution in [3.05, 3.63) is 87.8 Å². The number of halogens is 3. The van der Waals surface area contributed by atoms with Crippen molar-refractivity contribution in [3.63, 3.8) is 0 Å². The maximum atomic E-state index is 14.6. The second-order valence-electron chi connectivity index (χ2n) is 11.9. The molecule has 10 nitrogen and oxygen atoms in total. The summed E-state index contributed by atoms with van der Waals surface area (Å²) in [6.45, 7) is 2.03. The number of nitrogens with one attached hydrogen (secondary N) is 5. The largest absolute Gasteiger partial charge is 0.481 e. The number of hydrogen-bond acceptors (Lipinski definition) is 8. The lowest BCUT2D eigenvalue weighted by Crippen LogP contribution is -2.35. The highest BCUT2D eigenvalue weighted by Gasteiger charge is 2.22. The fourth-order valence-electron chi connectivity index (χ4n) is 5.95. The van der Waals surface area contributed by atoms with Crippen LogP contribution in [-0.4, -0.2) is 54.1 Å². The Balaban J connectivity index is 1.17. The van der Waals surface area contributed by atoms with Crippen molar-refractivity contribution < 1.29 is 18.7 Å². The Hall–Kier alpha value is -4.29. The second kappa shape index (κ2) is 15.3. The zero-order valence-electron chi connectivity index (χ0n) is 26.3. The van der Waals surface area contributed by atoms with Gasteiger partial charge >= 0.3 is 0 Å². The zero-order chi connectivity index (χ0) is 33.6. The van der Waals surface area contributed by atoms with Crippen LogP contribution in [0.2, 0.25) is 10.0 Å². The van der Waals surface area contributed by atoms with Crippen molar-refractivity contribution in [1.82, 2.24) is 31.2 Å². The average molecular weight is 693 g/mol. The summed E-state index contributed by atoms with van der Waals surface area (Å²) in [4.78, 5) is 31.9. The maximum Gasteiger partial charge on any atom is 0.220 e. The lowest BCUT2D eigenvalue weighted by molar-refractivity contribution is -0.120. The van der Waals surface area contributed by atoms with Gasteiger partial charge in [0.1, 0.15) is 11.6 Å². The molecule has 13 heteroatoms. The maximum absolute atomic E-state index is 14.6. The topological polar surface area (TPSA) is 129 Å². The third-order valence-corrected chi connectivity index (χ3v) is 9.29. The van der Waals surface area contributed by atoms with Gasteiger partial charge < -0.3 is 31.3 Å². The molecule has 2 atom stereocenters. The Labute approximate surface area is 288 Å². The van der Waals surface area contributed by atoms with E-state index in [-0.39, 0.29) is 30.4 Å². The summed E-state index contributed by atoms with van der Waals surface area (Å²) in [5.41, 5.74) is 4.66. The van der Waals surface area contributed by atoms with Crippen molar-refractivity contribution in [2.45, 2.75) is 50.9 Å². The highest BCUT2D eigenvalue weighted by molar-refractivity contribution is 6.39. The van der Waals surface area contributed by atoms with Gasteiger partial charge in [-0.05, 0) is 31.0 Å². The SMILES string of the molecule is COc1nc(-c2cccc(-c3cccc(Nc4cc(CNC[C@@H]5CCC(=O)N5)c(F)cn4)c3Cl)c2Cl)ccc1CNC[C@@H]1CCC(=O)N1. The minimum Gasteiger partial charge on any atom is -0.481 e. The minimum atomic E-state index is -0.430. The summed E-state index contributed by atoms with van der Waals surface area (Å²) in [5.74, 6) is 0.609. The number of ether oxygens (including phenoxy) is 1. The number of pyridine rings is 2. The van der Waals surface area contributed by atoms with Crippen LogP contribution in [-0.2, 0) is 22.7 Å². The molecule has 2 aliphatic rings. The van der Waals surface area contributed by atoms with Gasteiger partial charge in [0.2, 0.25) is 17.7 Å². The van der Waals surface area contributed by atoms with Crippen LogP contribution in [0.25, 0.3) is 22.4 Å². The predicted octanol–water partition coefficient (Wildman–Crippen LogP) is 5.75. The van der Waals surface area contributed by atoms with Gasteiger partial charge in [0.05, 0.1) is 34.7 Å². The van der Waals surface area contributed by atoms with E-state index >= 15 is 0 Å². The standard InChI is InChI=1S/C35H36Cl2FN7O3/c1-48-35-20(15-39-17-22-9-12-31(46)42-22)8-11-28(45-35)26-6-2-4-24(33(26)36)25-5-3-7-29(34(25)37)44-30-14-21(27(38)19-41-30)16-40-18-23-10-13-32(47)43-23/h2-8,11,14,19,22-23,39-40H,9-10,12-13,15-18H2,1H3,(H,41,44)(H,42,46)(H,43,47)/t22-,23-/m0/s1. The van der Waals surface area contributed by atoms with E-state index in [1.54, 1.807) is 13.2 Å². The van der Waals surface area contributed by atoms with Gasteiger partial charge in [-0.1, -0.05) is 59.6 Å². The number of carbonyl (C=O) groups excluding carboxylic acids is 2. The van der Waals surface area contributed by atoms with Crippen LogP contribution in [0.15, 0.2) is 60.8 Å². The molecule has 0 aliphatic carbocycles. The molecule has 5 N–H and O–H groups in total. The van der Waals surface area contributed by atoms with Gasteiger partial charge in [0.15, 0.2) is 0 Å². The van der Waals surface area contributed by atoms with Gasteiger partial charge in [0, 0.05) is 78.9 Å². The third-order valence-electron chi connectivity index (χ3n) is 8.48. The van der Waals surface area contributed by atoms with E-state index in [0.717, 1.165) is 18.4 Å². The van der Waals surface area contributed by atoms with Crippen LogP contribution in [0.1, 0.15) is 36.8 Å². The summed E-state index contributed by atoms with van der Waals surface area (Å²) in [6.07, 6.45) is 3.84. The van der Waals surface area contributed by atoms with Gasteiger partial charge in [-0.2, -0.15) is 0 Å². The van der Waals surface area contributed by atoms with E-state index in [4.69, 9.17) is 32.9 Å². The molecule has 2 aliphatic heterocycles. The van der Waals surface area contributed by atoms with Crippen molar-refractivity contribution >= 4 is 46.5 Å². The van der Waals surface area contributed by atoms with Crippen LogP contribution in [0.5, 0.6) is 5.88 Å². The number of anilines is 2. The van der Waals surface area contributed by atoms with E-state index in [2.05, 4.69) is 31.6 Å². The van der Waals surface area contributed by atoms with Crippen LogP contribution >= 0.6 is 23.2 Å². The summed E-state index contributed by atoms with van der Waals surface area (Å²) in [7, 11) is 1.58. The highest BCUT2D eigenvalue weighted by atomic mass is 35.5. The molecule has 2 aromatic carbocycles. The van der Waals surface area contributed by atoms with E-state index < -0.39 is 5.82 Å². The number of hydrogen-bond donors (Lipinski definition) is 5. The molecule has 2 amide bonds. The number of rotatable bonds is 13. The summed E-state index contributed by atoms with van der Waals surface area (Å²) < 4.78 is 20.2. The number of methoxy groups -OCH3 is 1. The van der Waals surface area contributed by atoms with Crippen molar-refractivity contribution in [1.29, 1.82) is 0 Å². The van der Waals surface area contributed by atoms with Crippen molar-refractivity contribution in [3.8, 4) is 28.3 Å².